The minimum absolute atomic E-state index is 0.452. The Kier molecular flexibility index (Phi) is 7.64. The highest BCUT2D eigenvalue weighted by atomic mass is 31.1. The van der Waals surface area contributed by atoms with E-state index in [4.69, 9.17) is 4.74 Å². The zero-order valence-electron chi connectivity index (χ0n) is 21.4. The summed E-state index contributed by atoms with van der Waals surface area (Å²) in [4.78, 5) is 0. The Morgan fingerprint density at radius 3 is 1.36 bits per heavy atom. The predicted molar refractivity (Wildman–Crippen MR) is 173 cm³/mol. The molecule has 0 heterocycles. The fraction of sp³-hybridized carbons (Fsp3) is 0. The van der Waals surface area contributed by atoms with Crippen LogP contribution in [0.15, 0.2) is 152 Å². The monoisotopic (exact) mass is 538 g/mol. The molecule has 6 aromatic carbocycles. The Morgan fingerprint density at radius 2 is 0.846 bits per heavy atom. The zero-order chi connectivity index (χ0) is 26.4. The number of hydrogen-bond acceptors (Lipinski definition) is 1. The van der Waals surface area contributed by atoms with Crippen LogP contribution in [0.4, 0.5) is 0 Å². The summed E-state index contributed by atoms with van der Waals surface area (Å²) in [6.07, 6.45) is 0. The Morgan fingerprint density at radius 1 is 0.436 bits per heavy atom. The number of para-hydroxylation sites is 1. The molecule has 6 rings (SSSR count). The summed E-state index contributed by atoms with van der Waals surface area (Å²) in [5, 5.41) is 3.64. The van der Waals surface area contributed by atoms with E-state index in [1.54, 1.807) is 0 Å². The molecule has 0 saturated heterocycles. The van der Waals surface area contributed by atoms with Gasteiger partial charge in [0.1, 0.15) is 11.5 Å². The Bertz CT molecular complexity index is 1560. The number of rotatable bonds is 7. The van der Waals surface area contributed by atoms with E-state index >= 15 is 0 Å². The highest BCUT2D eigenvalue weighted by molar-refractivity contribution is 7.57. The fourth-order valence-electron chi connectivity index (χ4n) is 4.92. The topological polar surface area (TPSA) is 9.23 Å². The summed E-state index contributed by atoms with van der Waals surface area (Å²) in [7, 11) is 3.50. The lowest BCUT2D eigenvalue weighted by Crippen LogP contribution is -2.23. The molecule has 0 amide bonds. The van der Waals surface area contributed by atoms with Gasteiger partial charge in [0.25, 0.3) is 0 Å². The summed E-state index contributed by atoms with van der Waals surface area (Å²) in [6, 6.07) is 52.9. The van der Waals surface area contributed by atoms with Crippen LogP contribution in [0.1, 0.15) is 0 Å². The zero-order valence-corrected chi connectivity index (χ0v) is 23.6. The molecule has 0 fully saturated rings. The van der Waals surface area contributed by atoms with Gasteiger partial charge < -0.3 is 4.74 Å². The van der Waals surface area contributed by atoms with Gasteiger partial charge in [0.15, 0.2) is 0 Å². The number of benzene rings is 6. The van der Waals surface area contributed by atoms with Crippen molar-refractivity contribution in [2.75, 3.05) is 0 Å². The van der Waals surface area contributed by atoms with Gasteiger partial charge in [-0.2, -0.15) is 0 Å². The molecule has 0 saturated carbocycles. The summed E-state index contributed by atoms with van der Waals surface area (Å²) in [6.45, 7) is 0. The Labute approximate surface area is 234 Å². The van der Waals surface area contributed by atoms with Crippen LogP contribution in [0, 0.1) is 0 Å². The van der Waals surface area contributed by atoms with Gasteiger partial charge in [0.05, 0.1) is 0 Å². The normalized spacial score (nSPS) is 11.1. The van der Waals surface area contributed by atoms with Crippen LogP contribution in [-0.2, 0) is 0 Å². The number of ether oxygens (including phenoxy) is 1. The summed E-state index contributed by atoms with van der Waals surface area (Å²) in [5.41, 5.74) is 7.00. The molecule has 3 heteroatoms. The molecule has 2 atom stereocenters. The molecule has 6 aromatic rings. The van der Waals surface area contributed by atoms with Gasteiger partial charge in [-0.3, -0.25) is 0 Å². The van der Waals surface area contributed by atoms with E-state index < -0.39 is 0 Å². The van der Waals surface area contributed by atoms with E-state index in [9.17, 15) is 0 Å². The SMILES string of the molecule is Pc1c(Oc2ccccc2)c(-c2ccccc2)c(-c2ccccc2)c(-c2ccccc2)c1Pc1ccccc1. The molecule has 188 valence electrons. The highest BCUT2D eigenvalue weighted by Gasteiger charge is 2.26. The molecule has 0 N–H and O–H groups in total. The van der Waals surface area contributed by atoms with Crippen molar-refractivity contribution in [1.29, 1.82) is 0 Å². The smallest absolute Gasteiger partial charge is 0.143 e. The van der Waals surface area contributed by atoms with Gasteiger partial charge in [-0.25, -0.2) is 0 Å². The Balaban J connectivity index is 1.76. The largest absolute Gasteiger partial charge is 0.456 e. The van der Waals surface area contributed by atoms with Crippen molar-refractivity contribution in [2.24, 2.45) is 0 Å². The molecule has 2 unspecified atom stereocenters. The van der Waals surface area contributed by atoms with Crippen molar-refractivity contribution in [3.05, 3.63) is 152 Å². The van der Waals surface area contributed by atoms with Crippen molar-refractivity contribution in [3.8, 4) is 44.9 Å². The second-order valence-corrected chi connectivity index (χ2v) is 11.2. The van der Waals surface area contributed by atoms with E-state index in [1.807, 2.05) is 30.3 Å². The molecule has 0 bridgehead atoms. The van der Waals surface area contributed by atoms with Gasteiger partial charge in [-0.05, 0) is 45.0 Å². The van der Waals surface area contributed by atoms with Crippen LogP contribution >= 0.6 is 17.8 Å². The van der Waals surface area contributed by atoms with E-state index in [1.165, 1.54) is 27.3 Å². The highest BCUT2D eigenvalue weighted by Crippen LogP contribution is 2.46. The van der Waals surface area contributed by atoms with E-state index in [0.29, 0.717) is 8.58 Å². The second kappa shape index (κ2) is 11.8. The second-order valence-electron chi connectivity index (χ2n) is 9.25. The van der Waals surface area contributed by atoms with Crippen LogP contribution in [0.25, 0.3) is 33.4 Å². The van der Waals surface area contributed by atoms with E-state index in [-0.39, 0.29) is 0 Å². The van der Waals surface area contributed by atoms with Crippen LogP contribution in [0.5, 0.6) is 11.5 Å². The fourth-order valence-corrected chi connectivity index (χ4v) is 6.78. The molecule has 0 spiro atoms. The van der Waals surface area contributed by atoms with Gasteiger partial charge in [0.2, 0.25) is 0 Å². The van der Waals surface area contributed by atoms with Crippen molar-refractivity contribution in [1.82, 2.24) is 0 Å². The molecule has 0 aliphatic heterocycles. The van der Waals surface area contributed by atoms with Crippen molar-refractivity contribution >= 4 is 33.7 Å². The summed E-state index contributed by atoms with van der Waals surface area (Å²) >= 11 is 0. The Hall–Kier alpha value is -4.02. The standard InChI is InChI=1S/C36H28OP2/c38-35-34(37-29-22-12-4-13-23-29)32(27-18-8-2-9-19-27)31(26-16-6-1-7-17-26)33(28-20-10-3-11-21-28)36(35)39-30-24-14-5-15-25-30/h1-25,39H,38H2. The predicted octanol–water partition coefficient (Wildman–Crippen LogP) is 8.61. The van der Waals surface area contributed by atoms with Crippen molar-refractivity contribution in [3.63, 3.8) is 0 Å². The van der Waals surface area contributed by atoms with Gasteiger partial charge >= 0.3 is 0 Å². The molecule has 1 nitrogen and oxygen atoms in total. The quantitative estimate of drug-likeness (QED) is 0.185. The van der Waals surface area contributed by atoms with Crippen molar-refractivity contribution in [2.45, 2.75) is 0 Å². The minimum Gasteiger partial charge on any atom is -0.456 e. The van der Waals surface area contributed by atoms with Crippen LogP contribution in [-0.4, -0.2) is 0 Å². The number of hydrogen-bond donors (Lipinski definition) is 0. The maximum Gasteiger partial charge on any atom is 0.143 e. The first-order chi connectivity index (χ1) is 19.3. The molecule has 0 radical (unpaired) electrons. The summed E-state index contributed by atoms with van der Waals surface area (Å²) in [5.74, 6) is 1.69. The van der Waals surface area contributed by atoms with Crippen LogP contribution in [0.3, 0.4) is 0 Å². The third kappa shape index (κ3) is 5.43. The lowest BCUT2D eigenvalue weighted by atomic mass is 9.86. The lowest BCUT2D eigenvalue weighted by molar-refractivity contribution is 0.489. The van der Waals surface area contributed by atoms with Crippen LogP contribution < -0.4 is 20.7 Å². The molecule has 0 aliphatic rings. The third-order valence-electron chi connectivity index (χ3n) is 6.68. The molecular formula is C36H28OP2. The lowest BCUT2D eigenvalue weighted by Gasteiger charge is -2.26. The minimum atomic E-state index is 0.452. The molecular weight excluding hydrogens is 510 g/mol. The maximum absolute atomic E-state index is 6.81. The van der Waals surface area contributed by atoms with Crippen molar-refractivity contribution < 1.29 is 4.74 Å². The molecule has 39 heavy (non-hydrogen) atoms. The molecule has 0 aliphatic carbocycles. The average molecular weight is 539 g/mol. The first kappa shape index (κ1) is 25.3. The van der Waals surface area contributed by atoms with E-state index in [2.05, 4.69) is 131 Å². The summed E-state index contributed by atoms with van der Waals surface area (Å²) < 4.78 is 6.81. The third-order valence-corrected chi connectivity index (χ3v) is 8.92. The maximum atomic E-state index is 6.81. The first-order valence-electron chi connectivity index (χ1n) is 13.0. The van der Waals surface area contributed by atoms with Gasteiger partial charge in [-0.1, -0.05) is 148 Å². The molecule has 0 aromatic heterocycles. The van der Waals surface area contributed by atoms with Crippen LogP contribution in [0.2, 0.25) is 0 Å². The van der Waals surface area contributed by atoms with E-state index in [0.717, 1.165) is 33.5 Å². The average Bonchev–Trinajstić information content (AvgIpc) is 3.01. The first-order valence-corrected chi connectivity index (χ1v) is 14.6. The van der Waals surface area contributed by atoms with Gasteiger partial charge in [0, 0.05) is 16.4 Å². The van der Waals surface area contributed by atoms with Gasteiger partial charge in [-0.15, -0.1) is 9.24 Å².